The van der Waals surface area contributed by atoms with Crippen molar-refractivity contribution in [2.24, 2.45) is 0 Å². The molecule has 25 heavy (non-hydrogen) atoms. The summed E-state index contributed by atoms with van der Waals surface area (Å²) in [6.07, 6.45) is -0.142. The average Bonchev–Trinajstić information content (AvgIpc) is 2.65. The SMILES string of the molecule is CCN(Cc1ccccc1)C(=O)CC(=O)NCc1ccc(OC)cc1. The number of carbonyl (C=O) groups excluding carboxylic acids is 2. The number of methoxy groups -OCH3 is 1. The maximum atomic E-state index is 12.3. The number of carbonyl (C=O) groups is 2. The first-order valence-electron chi connectivity index (χ1n) is 8.33. The third-order valence-electron chi connectivity index (χ3n) is 3.91. The van der Waals surface area contributed by atoms with E-state index in [4.69, 9.17) is 4.74 Å². The van der Waals surface area contributed by atoms with E-state index in [2.05, 4.69) is 5.32 Å². The zero-order chi connectivity index (χ0) is 18.1. The normalized spacial score (nSPS) is 10.2. The van der Waals surface area contributed by atoms with Gasteiger partial charge in [0.05, 0.1) is 7.11 Å². The van der Waals surface area contributed by atoms with Crippen molar-refractivity contribution >= 4 is 11.8 Å². The summed E-state index contributed by atoms with van der Waals surface area (Å²) in [6, 6.07) is 17.2. The number of nitrogens with zero attached hydrogens (tertiary/aromatic N) is 1. The van der Waals surface area contributed by atoms with Gasteiger partial charge in [-0.15, -0.1) is 0 Å². The summed E-state index contributed by atoms with van der Waals surface area (Å²) < 4.78 is 5.10. The lowest BCUT2D eigenvalue weighted by Gasteiger charge is -2.20. The number of nitrogens with one attached hydrogen (secondary N) is 1. The molecule has 0 radical (unpaired) electrons. The van der Waals surface area contributed by atoms with Crippen LogP contribution < -0.4 is 10.1 Å². The Morgan fingerprint density at radius 3 is 2.28 bits per heavy atom. The molecule has 5 nitrogen and oxygen atoms in total. The van der Waals surface area contributed by atoms with Gasteiger partial charge < -0.3 is 15.0 Å². The van der Waals surface area contributed by atoms with Crippen LogP contribution in [0.15, 0.2) is 54.6 Å². The predicted molar refractivity (Wildman–Crippen MR) is 97.0 cm³/mol. The van der Waals surface area contributed by atoms with E-state index in [1.807, 2.05) is 61.5 Å². The van der Waals surface area contributed by atoms with E-state index in [1.54, 1.807) is 12.0 Å². The molecule has 132 valence electrons. The second kappa shape index (κ2) is 9.47. The van der Waals surface area contributed by atoms with Crippen LogP contribution in [0.2, 0.25) is 0 Å². The maximum absolute atomic E-state index is 12.3. The Morgan fingerprint density at radius 2 is 1.68 bits per heavy atom. The summed E-state index contributed by atoms with van der Waals surface area (Å²) in [7, 11) is 1.61. The fraction of sp³-hybridized carbons (Fsp3) is 0.300. The van der Waals surface area contributed by atoms with E-state index >= 15 is 0 Å². The molecule has 0 aromatic heterocycles. The number of benzene rings is 2. The molecular weight excluding hydrogens is 316 g/mol. The molecule has 0 fully saturated rings. The summed E-state index contributed by atoms with van der Waals surface area (Å²) in [5.74, 6) is 0.329. The molecule has 2 amide bonds. The Kier molecular flexibility index (Phi) is 7.01. The van der Waals surface area contributed by atoms with Gasteiger partial charge >= 0.3 is 0 Å². The molecular formula is C20H24N2O3. The summed E-state index contributed by atoms with van der Waals surface area (Å²) in [5.41, 5.74) is 2.01. The Balaban J connectivity index is 1.82. The van der Waals surface area contributed by atoms with Gasteiger partial charge in [0.15, 0.2) is 0 Å². The number of amides is 2. The zero-order valence-electron chi connectivity index (χ0n) is 14.7. The first-order valence-corrected chi connectivity index (χ1v) is 8.33. The van der Waals surface area contributed by atoms with Gasteiger partial charge in [0.2, 0.25) is 11.8 Å². The maximum Gasteiger partial charge on any atom is 0.232 e. The number of rotatable bonds is 8. The van der Waals surface area contributed by atoms with Gasteiger partial charge in [-0.3, -0.25) is 9.59 Å². The lowest BCUT2D eigenvalue weighted by Crippen LogP contribution is -2.35. The minimum absolute atomic E-state index is 0.142. The lowest BCUT2D eigenvalue weighted by atomic mass is 10.2. The van der Waals surface area contributed by atoms with Crippen LogP contribution >= 0.6 is 0 Å². The van der Waals surface area contributed by atoms with Crippen molar-refractivity contribution in [3.8, 4) is 5.75 Å². The smallest absolute Gasteiger partial charge is 0.232 e. The standard InChI is InChI=1S/C20H24N2O3/c1-3-22(15-17-7-5-4-6-8-17)20(24)13-19(23)21-14-16-9-11-18(25-2)12-10-16/h4-12H,3,13-15H2,1-2H3,(H,21,23). The van der Waals surface area contributed by atoms with Crippen molar-refractivity contribution in [1.29, 1.82) is 0 Å². The largest absolute Gasteiger partial charge is 0.497 e. The highest BCUT2D eigenvalue weighted by molar-refractivity contribution is 5.96. The van der Waals surface area contributed by atoms with E-state index in [-0.39, 0.29) is 18.2 Å². The van der Waals surface area contributed by atoms with Crippen molar-refractivity contribution < 1.29 is 14.3 Å². The highest BCUT2D eigenvalue weighted by Crippen LogP contribution is 2.11. The number of ether oxygens (including phenoxy) is 1. The van der Waals surface area contributed by atoms with Gasteiger partial charge in [0.25, 0.3) is 0 Å². The zero-order valence-corrected chi connectivity index (χ0v) is 14.7. The first kappa shape index (κ1) is 18.5. The molecule has 0 unspecified atom stereocenters. The molecule has 0 aliphatic rings. The molecule has 0 aliphatic heterocycles. The second-order valence-corrected chi connectivity index (χ2v) is 5.70. The molecule has 0 atom stereocenters. The summed E-state index contributed by atoms with van der Waals surface area (Å²) in [4.78, 5) is 26.1. The highest BCUT2D eigenvalue weighted by atomic mass is 16.5. The molecule has 0 spiro atoms. The van der Waals surface area contributed by atoms with Crippen LogP contribution in [0.1, 0.15) is 24.5 Å². The van der Waals surface area contributed by atoms with Gasteiger partial charge in [-0.1, -0.05) is 42.5 Å². The highest BCUT2D eigenvalue weighted by Gasteiger charge is 2.16. The van der Waals surface area contributed by atoms with Gasteiger partial charge in [-0.05, 0) is 30.2 Å². The minimum atomic E-state index is -0.271. The van der Waals surface area contributed by atoms with Crippen LogP contribution in [-0.4, -0.2) is 30.4 Å². The van der Waals surface area contributed by atoms with Crippen molar-refractivity contribution in [3.63, 3.8) is 0 Å². The van der Waals surface area contributed by atoms with Gasteiger partial charge in [0, 0.05) is 19.6 Å². The average molecular weight is 340 g/mol. The quantitative estimate of drug-likeness (QED) is 0.752. The van der Waals surface area contributed by atoms with E-state index in [0.29, 0.717) is 19.6 Å². The second-order valence-electron chi connectivity index (χ2n) is 5.70. The fourth-order valence-electron chi connectivity index (χ4n) is 2.44. The van der Waals surface area contributed by atoms with Crippen molar-refractivity contribution in [1.82, 2.24) is 10.2 Å². The lowest BCUT2D eigenvalue weighted by molar-refractivity contribution is -0.136. The van der Waals surface area contributed by atoms with Gasteiger partial charge in [-0.2, -0.15) is 0 Å². The van der Waals surface area contributed by atoms with Crippen molar-refractivity contribution in [2.75, 3.05) is 13.7 Å². The Labute approximate surface area is 148 Å². The van der Waals surface area contributed by atoms with Crippen LogP contribution in [0.4, 0.5) is 0 Å². The molecule has 0 bridgehead atoms. The van der Waals surface area contributed by atoms with E-state index < -0.39 is 0 Å². The third-order valence-corrected chi connectivity index (χ3v) is 3.91. The molecule has 0 heterocycles. The summed E-state index contributed by atoms with van der Waals surface area (Å²) in [5, 5.41) is 2.78. The molecule has 5 heteroatoms. The third kappa shape index (κ3) is 5.95. The summed E-state index contributed by atoms with van der Waals surface area (Å²) in [6.45, 7) is 3.39. The van der Waals surface area contributed by atoms with Crippen molar-refractivity contribution in [2.45, 2.75) is 26.4 Å². The Hall–Kier alpha value is -2.82. The predicted octanol–water partition coefficient (Wildman–Crippen LogP) is 2.75. The number of hydrogen-bond acceptors (Lipinski definition) is 3. The molecule has 2 rings (SSSR count). The van der Waals surface area contributed by atoms with Crippen LogP contribution in [0.25, 0.3) is 0 Å². The molecule has 2 aromatic rings. The van der Waals surface area contributed by atoms with Crippen LogP contribution in [0.3, 0.4) is 0 Å². The van der Waals surface area contributed by atoms with Crippen LogP contribution in [0, 0.1) is 0 Å². The van der Waals surface area contributed by atoms with E-state index in [1.165, 1.54) is 0 Å². The van der Waals surface area contributed by atoms with Gasteiger partial charge in [0.1, 0.15) is 12.2 Å². The van der Waals surface area contributed by atoms with Crippen molar-refractivity contribution in [3.05, 3.63) is 65.7 Å². The first-order chi connectivity index (χ1) is 12.1. The molecule has 0 saturated heterocycles. The Bertz CT molecular complexity index is 684. The molecule has 0 aliphatic carbocycles. The van der Waals surface area contributed by atoms with Crippen LogP contribution in [0.5, 0.6) is 5.75 Å². The van der Waals surface area contributed by atoms with Gasteiger partial charge in [-0.25, -0.2) is 0 Å². The Morgan fingerprint density at radius 1 is 1.00 bits per heavy atom. The minimum Gasteiger partial charge on any atom is -0.497 e. The molecule has 1 N–H and O–H groups in total. The topological polar surface area (TPSA) is 58.6 Å². The monoisotopic (exact) mass is 340 g/mol. The summed E-state index contributed by atoms with van der Waals surface area (Å²) >= 11 is 0. The molecule has 2 aromatic carbocycles. The number of hydrogen-bond donors (Lipinski definition) is 1. The van der Waals surface area contributed by atoms with Crippen LogP contribution in [-0.2, 0) is 22.7 Å². The molecule has 0 saturated carbocycles. The fourth-order valence-corrected chi connectivity index (χ4v) is 2.44. The van der Waals surface area contributed by atoms with E-state index in [9.17, 15) is 9.59 Å². The van der Waals surface area contributed by atoms with E-state index in [0.717, 1.165) is 16.9 Å².